The number of nitrogens with two attached hydrogens (primary N) is 1. The molecule has 0 aliphatic heterocycles. The summed E-state index contributed by atoms with van der Waals surface area (Å²) in [6.07, 6.45) is -1.19. The molecule has 0 spiro atoms. The maximum Gasteiger partial charge on any atom is 0.407 e. The van der Waals surface area contributed by atoms with Crippen molar-refractivity contribution in [3.05, 3.63) is 24.8 Å². The Morgan fingerprint density at radius 2 is 1.78 bits per heavy atom. The lowest BCUT2D eigenvalue weighted by atomic mass is 9.87. The standard InChI is InChI=1S/C17H27I2NO5SSi/c1-17(2,3)14-12(19)9-11(18)10-13(14)26(22,23)16(25-15(20)21)24-7-8-27(4,5)6/h9-10,16H,7-8H2,1-6H3,(H2,20,21). The van der Waals surface area contributed by atoms with Gasteiger partial charge in [-0.05, 0) is 74.3 Å². The summed E-state index contributed by atoms with van der Waals surface area (Å²) in [6.45, 7) is 12.4. The quantitative estimate of drug-likeness (QED) is 0.265. The average Bonchev–Trinajstić information content (AvgIpc) is 2.41. The molecule has 154 valence electrons. The zero-order chi connectivity index (χ0) is 21.2. The van der Waals surface area contributed by atoms with Crippen LogP contribution in [0.15, 0.2) is 17.0 Å². The molecule has 2 N–H and O–H groups in total. The van der Waals surface area contributed by atoms with Gasteiger partial charge in [-0.15, -0.1) is 0 Å². The largest absolute Gasteiger partial charge is 0.407 e. The van der Waals surface area contributed by atoms with Gasteiger partial charge in [-0.3, -0.25) is 0 Å². The van der Waals surface area contributed by atoms with Crippen LogP contribution in [0, 0.1) is 7.14 Å². The molecular formula is C17H27I2NO5SSi. The first-order valence-electron chi connectivity index (χ1n) is 8.37. The molecule has 0 saturated heterocycles. The molecule has 0 radical (unpaired) electrons. The summed E-state index contributed by atoms with van der Waals surface area (Å²) < 4.78 is 38.7. The van der Waals surface area contributed by atoms with Crippen molar-refractivity contribution in [3.8, 4) is 0 Å². The van der Waals surface area contributed by atoms with Crippen LogP contribution in [0.1, 0.15) is 26.3 Å². The van der Waals surface area contributed by atoms with Crippen molar-refractivity contribution >= 4 is 69.2 Å². The summed E-state index contributed by atoms with van der Waals surface area (Å²) in [5.74, 6) is 0. The highest BCUT2D eigenvalue weighted by molar-refractivity contribution is 14.1. The fourth-order valence-electron chi connectivity index (χ4n) is 2.35. The minimum absolute atomic E-state index is 0.102. The number of primary amides is 1. The molecule has 6 nitrogen and oxygen atoms in total. The van der Waals surface area contributed by atoms with Gasteiger partial charge in [-0.2, -0.15) is 0 Å². The molecule has 0 aromatic heterocycles. The van der Waals surface area contributed by atoms with Crippen LogP contribution in [0.5, 0.6) is 0 Å². The van der Waals surface area contributed by atoms with Crippen LogP contribution in [0.3, 0.4) is 0 Å². The second kappa shape index (κ2) is 9.26. The van der Waals surface area contributed by atoms with E-state index in [2.05, 4.69) is 64.8 Å². The number of carbonyl (C=O) groups excluding carboxylic acids is 1. The Bertz CT molecular complexity index is 801. The van der Waals surface area contributed by atoms with Gasteiger partial charge in [0, 0.05) is 21.8 Å². The number of carbonyl (C=O) groups is 1. The van der Waals surface area contributed by atoms with E-state index in [9.17, 15) is 13.2 Å². The first-order chi connectivity index (χ1) is 12.1. The topological polar surface area (TPSA) is 95.7 Å². The summed E-state index contributed by atoms with van der Waals surface area (Å²) in [7, 11) is -5.57. The molecular weight excluding hydrogens is 612 g/mol. The number of hydrogen-bond acceptors (Lipinski definition) is 5. The van der Waals surface area contributed by atoms with Crippen LogP contribution in [0.2, 0.25) is 25.7 Å². The molecule has 0 aliphatic carbocycles. The fraction of sp³-hybridized carbons (Fsp3) is 0.588. The van der Waals surface area contributed by atoms with E-state index in [0.29, 0.717) is 5.56 Å². The molecule has 0 fully saturated rings. The van der Waals surface area contributed by atoms with Gasteiger partial charge in [-0.25, -0.2) is 13.2 Å². The smallest absolute Gasteiger partial charge is 0.404 e. The number of hydrogen-bond donors (Lipinski definition) is 1. The molecule has 1 aromatic rings. The molecule has 1 atom stereocenters. The number of halogens is 2. The van der Waals surface area contributed by atoms with Crippen LogP contribution in [-0.2, 0) is 24.7 Å². The Morgan fingerprint density at radius 1 is 1.22 bits per heavy atom. The Kier molecular flexibility index (Phi) is 8.62. The van der Waals surface area contributed by atoms with E-state index in [1.165, 1.54) is 0 Å². The zero-order valence-electron chi connectivity index (χ0n) is 16.4. The lowest BCUT2D eigenvalue weighted by Crippen LogP contribution is -2.35. The predicted molar refractivity (Wildman–Crippen MR) is 126 cm³/mol. The van der Waals surface area contributed by atoms with Crippen LogP contribution in [0.25, 0.3) is 0 Å². The lowest BCUT2D eigenvalue weighted by Gasteiger charge is -2.27. The Morgan fingerprint density at radius 3 is 2.22 bits per heavy atom. The molecule has 0 aliphatic rings. The van der Waals surface area contributed by atoms with E-state index in [0.717, 1.165) is 13.2 Å². The van der Waals surface area contributed by atoms with Crippen molar-refractivity contribution in [2.24, 2.45) is 5.73 Å². The normalized spacial score (nSPS) is 14.1. The molecule has 1 rings (SSSR count). The lowest BCUT2D eigenvalue weighted by molar-refractivity contribution is -0.0416. The van der Waals surface area contributed by atoms with Gasteiger partial charge in [-0.1, -0.05) is 40.4 Å². The third-order valence-corrected chi connectivity index (χ3v) is 8.50. The number of ether oxygens (including phenoxy) is 2. The Labute approximate surface area is 190 Å². The van der Waals surface area contributed by atoms with Crippen LogP contribution in [-0.4, -0.2) is 34.8 Å². The van der Waals surface area contributed by atoms with Gasteiger partial charge in [0.1, 0.15) is 0 Å². The Hall–Kier alpha value is 0.0769. The molecule has 10 heteroatoms. The van der Waals surface area contributed by atoms with E-state index in [4.69, 9.17) is 15.2 Å². The van der Waals surface area contributed by atoms with Gasteiger partial charge < -0.3 is 15.2 Å². The zero-order valence-corrected chi connectivity index (χ0v) is 22.6. The second-order valence-corrected chi connectivity index (χ2v) is 18.4. The number of benzene rings is 1. The predicted octanol–water partition coefficient (Wildman–Crippen LogP) is 4.70. The van der Waals surface area contributed by atoms with Crippen LogP contribution >= 0.6 is 45.2 Å². The molecule has 1 aromatic carbocycles. The first-order valence-corrected chi connectivity index (χ1v) is 15.8. The minimum atomic E-state index is -4.11. The molecule has 27 heavy (non-hydrogen) atoms. The van der Waals surface area contributed by atoms with Crippen molar-refractivity contribution in [3.63, 3.8) is 0 Å². The number of rotatable bonds is 7. The first kappa shape index (κ1) is 25.1. The average molecular weight is 639 g/mol. The highest BCUT2D eigenvalue weighted by atomic mass is 127. The molecule has 0 saturated carbocycles. The molecule has 0 bridgehead atoms. The summed E-state index contributed by atoms with van der Waals surface area (Å²) in [6, 6.07) is 4.23. The van der Waals surface area contributed by atoms with Crippen molar-refractivity contribution in [1.82, 2.24) is 0 Å². The number of sulfone groups is 1. The second-order valence-electron chi connectivity index (χ2n) is 8.46. The van der Waals surface area contributed by atoms with E-state index < -0.39 is 35.0 Å². The van der Waals surface area contributed by atoms with Gasteiger partial charge in [0.05, 0.1) is 4.90 Å². The van der Waals surface area contributed by atoms with Crippen LogP contribution < -0.4 is 5.73 Å². The van der Waals surface area contributed by atoms with E-state index in [1.807, 2.05) is 26.8 Å². The van der Waals surface area contributed by atoms with Gasteiger partial charge in [0.25, 0.3) is 0 Å². The molecule has 0 heterocycles. The highest BCUT2D eigenvalue weighted by Gasteiger charge is 2.37. The third-order valence-electron chi connectivity index (χ3n) is 3.65. The maximum atomic E-state index is 13.3. The fourth-order valence-corrected chi connectivity index (χ4v) is 7.82. The van der Waals surface area contributed by atoms with E-state index in [-0.39, 0.29) is 11.5 Å². The Balaban J connectivity index is 3.44. The van der Waals surface area contributed by atoms with E-state index >= 15 is 0 Å². The van der Waals surface area contributed by atoms with E-state index in [1.54, 1.807) is 6.07 Å². The molecule has 1 unspecified atom stereocenters. The van der Waals surface area contributed by atoms with Gasteiger partial charge in [0.2, 0.25) is 9.84 Å². The van der Waals surface area contributed by atoms with Crippen LogP contribution in [0.4, 0.5) is 4.79 Å². The van der Waals surface area contributed by atoms with Crippen molar-refractivity contribution < 1.29 is 22.7 Å². The van der Waals surface area contributed by atoms with Gasteiger partial charge >= 0.3 is 11.7 Å². The van der Waals surface area contributed by atoms with Crippen molar-refractivity contribution in [2.75, 3.05) is 6.61 Å². The minimum Gasteiger partial charge on any atom is -0.404 e. The van der Waals surface area contributed by atoms with Crippen molar-refractivity contribution in [2.45, 2.75) is 62.4 Å². The summed E-state index contributed by atoms with van der Waals surface area (Å²) in [4.78, 5) is 11.4. The summed E-state index contributed by atoms with van der Waals surface area (Å²) >= 11 is 4.20. The SMILES string of the molecule is CC(C)(C)c1c(I)cc(I)cc1S(=O)(=O)C(OCC[Si](C)(C)C)OC(N)=O. The molecule has 1 amide bonds. The van der Waals surface area contributed by atoms with Crippen molar-refractivity contribution in [1.29, 1.82) is 0 Å². The monoisotopic (exact) mass is 639 g/mol. The third kappa shape index (κ3) is 7.44. The van der Waals surface area contributed by atoms with Gasteiger partial charge in [0.15, 0.2) is 0 Å². The summed E-state index contributed by atoms with van der Waals surface area (Å²) in [5.41, 5.74) is 3.58. The highest BCUT2D eigenvalue weighted by Crippen LogP contribution is 2.36. The number of amides is 1. The maximum absolute atomic E-state index is 13.3. The summed E-state index contributed by atoms with van der Waals surface area (Å²) in [5, 5.41) is 0.